The first kappa shape index (κ1) is 16.3. The molecule has 0 bridgehead atoms. The molecule has 0 fully saturated rings. The van der Waals surface area contributed by atoms with Gasteiger partial charge in [-0.05, 0) is 50.4 Å². The van der Waals surface area contributed by atoms with Crippen molar-refractivity contribution in [3.8, 4) is 11.5 Å². The second-order valence-corrected chi connectivity index (χ2v) is 6.23. The highest BCUT2D eigenvalue weighted by Gasteiger charge is 2.17. The molecule has 2 aromatic heterocycles. The van der Waals surface area contributed by atoms with Crippen LogP contribution in [0, 0.1) is 0 Å². The Morgan fingerprint density at radius 1 is 1.21 bits per heavy atom. The van der Waals surface area contributed by atoms with Gasteiger partial charge >= 0.3 is 6.01 Å². The van der Waals surface area contributed by atoms with Gasteiger partial charge in [0.15, 0.2) is 0 Å². The van der Waals surface area contributed by atoms with Crippen molar-refractivity contribution >= 4 is 23.7 Å². The van der Waals surface area contributed by atoms with Crippen molar-refractivity contribution in [3.05, 3.63) is 42.2 Å². The van der Waals surface area contributed by atoms with Crippen LogP contribution in [0.5, 0.6) is 0 Å². The smallest absolute Gasteiger partial charge is 0.322 e. The standard InChI is InChI=1S/C16H17N5O2S/c1-10(2)21-13(8-9-17-21)14(22)18-16-20-19-15(23-16)11-4-6-12(24-3)7-5-11/h4-10H,1-3H3,(H,18,20,22). The van der Waals surface area contributed by atoms with E-state index in [0.29, 0.717) is 11.6 Å². The van der Waals surface area contributed by atoms with Crippen LogP contribution in [-0.4, -0.2) is 32.1 Å². The lowest BCUT2D eigenvalue weighted by Crippen LogP contribution is -2.19. The van der Waals surface area contributed by atoms with Crippen LogP contribution in [0.15, 0.2) is 45.8 Å². The van der Waals surface area contributed by atoms with E-state index in [1.165, 1.54) is 0 Å². The molecule has 0 saturated heterocycles. The van der Waals surface area contributed by atoms with Gasteiger partial charge < -0.3 is 4.42 Å². The van der Waals surface area contributed by atoms with E-state index < -0.39 is 0 Å². The van der Waals surface area contributed by atoms with Gasteiger partial charge in [-0.15, -0.1) is 16.9 Å². The number of rotatable bonds is 5. The molecule has 0 aliphatic heterocycles. The maximum absolute atomic E-state index is 12.3. The molecule has 0 unspecified atom stereocenters. The molecule has 3 rings (SSSR count). The number of nitrogens with zero attached hydrogens (tertiary/aromatic N) is 4. The van der Waals surface area contributed by atoms with E-state index >= 15 is 0 Å². The highest BCUT2D eigenvalue weighted by Crippen LogP contribution is 2.23. The van der Waals surface area contributed by atoms with Crippen LogP contribution in [0.4, 0.5) is 6.01 Å². The van der Waals surface area contributed by atoms with E-state index in [-0.39, 0.29) is 18.0 Å². The number of thioether (sulfide) groups is 1. The molecule has 0 aliphatic carbocycles. The Bertz CT molecular complexity index is 838. The number of benzene rings is 1. The Hall–Kier alpha value is -2.61. The normalized spacial score (nSPS) is 11.0. The number of amides is 1. The van der Waals surface area contributed by atoms with Gasteiger partial charge in [0.1, 0.15) is 5.69 Å². The molecule has 24 heavy (non-hydrogen) atoms. The molecule has 1 N–H and O–H groups in total. The minimum absolute atomic E-state index is 0.0560. The Morgan fingerprint density at radius 3 is 2.62 bits per heavy atom. The Balaban J connectivity index is 1.75. The molecular formula is C16H17N5O2S. The van der Waals surface area contributed by atoms with Crippen LogP contribution < -0.4 is 5.32 Å². The predicted octanol–water partition coefficient (Wildman–Crippen LogP) is 3.49. The maximum atomic E-state index is 12.3. The largest absolute Gasteiger partial charge is 0.403 e. The highest BCUT2D eigenvalue weighted by molar-refractivity contribution is 7.98. The molecule has 1 amide bonds. The van der Waals surface area contributed by atoms with Gasteiger partial charge in [-0.2, -0.15) is 5.10 Å². The first-order valence-electron chi connectivity index (χ1n) is 7.41. The summed E-state index contributed by atoms with van der Waals surface area (Å²) < 4.78 is 7.15. The molecule has 1 aromatic carbocycles. The van der Waals surface area contributed by atoms with E-state index in [0.717, 1.165) is 10.5 Å². The molecule has 2 heterocycles. The van der Waals surface area contributed by atoms with Crippen LogP contribution in [0.2, 0.25) is 0 Å². The number of aromatic nitrogens is 4. The Morgan fingerprint density at radius 2 is 1.96 bits per heavy atom. The van der Waals surface area contributed by atoms with E-state index in [1.54, 1.807) is 28.7 Å². The minimum Gasteiger partial charge on any atom is -0.403 e. The van der Waals surface area contributed by atoms with Gasteiger partial charge in [0, 0.05) is 22.7 Å². The van der Waals surface area contributed by atoms with Crippen molar-refractivity contribution in [2.24, 2.45) is 0 Å². The molecule has 0 saturated carbocycles. The quantitative estimate of drug-likeness (QED) is 0.714. The summed E-state index contributed by atoms with van der Waals surface area (Å²) in [6, 6.07) is 9.54. The van der Waals surface area contributed by atoms with Crippen molar-refractivity contribution in [2.45, 2.75) is 24.8 Å². The summed E-state index contributed by atoms with van der Waals surface area (Å²) in [6.45, 7) is 3.90. The fraction of sp³-hybridized carbons (Fsp3) is 0.250. The zero-order valence-electron chi connectivity index (χ0n) is 13.6. The average molecular weight is 343 g/mol. The molecule has 8 heteroatoms. The van der Waals surface area contributed by atoms with Crippen LogP contribution in [0.3, 0.4) is 0 Å². The number of carbonyl (C=O) groups excluding carboxylic acids is 1. The molecule has 0 radical (unpaired) electrons. The predicted molar refractivity (Wildman–Crippen MR) is 92.1 cm³/mol. The molecule has 124 valence electrons. The Labute approximate surface area is 143 Å². The summed E-state index contributed by atoms with van der Waals surface area (Å²) in [4.78, 5) is 13.5. The summed E-state index contributed by atoms with van der Waals surface area (Å²) in [6.07, 6.45) is 3.60. The number of hydrogen-bond acceptors (Lipinski definition) is 6. The summed E-state index contributed by atoms with van der Waals surface area (Å²) >= 11 is 1.66. The number of hydrogen-bond donors (Lipinski definition) is 1. The average Bonchev–Trinajstić information content (AvgIpc) is 3.24. The van der Waals surface area contributed by atoms with Crippen LogP contribution in [-0.2, 0) is 0 Å². The summed E-state index contributed by atoms with van der Waals surface area (Å²) in [5, 5.41) is 14.6. The lowest BCUT2D eigenvalue weighted by atomic mass is 10.2. The van der Waals surface area contributed by atoms with E-state index in [4.69, 9.17) is 4.42 Å². The minimum atomic E-state index is -0.339. The van der Waals surface area contributed by atoms with E-state index in [2.05, 4.69) is 20.6 Å². The SMILES string of the molecule is CSc1ccc(-c2nnc(NC(=O)c3ccnn3C(C)C)o2)cc1. The van der Waals surface area contributed by atoms with Gasteiger partial charge in [0.2, 0.25) is 5.89 Å². The zero-order chi connectivity index (χ0) is 17.1. The van der Waals surface area contributed by atoms with Crippen molar-refractivity contribution in [2.75, 3.05) is 11.6 Å². The maximum Gasteiger partial charge on any atom is 0.322 e. The molecule has 0 spiro atoms. The topological polar surface area (TPSA) is 85.8 Å². The van der Waals surface area contributed by atoms with Gasteiger partial charge in [-0.3, -0.25) is 14.8 Å². The summed E-state index contributed by atoms with van der Waals surface area (Å²) in [5.41, 5.74) is 1.24. The third kappa shape index (κ3) is 3.33. The van der Waals surface area contributed by atoms with Gasteiger partial charge in [0.25, 0.3) is 5.91 Å². The third-order valence-corrected chi connectivity index (χ3v) is 4.12. The molecule has 7 nitrogen and oxygen atoms in total. The lowest BCUT2D eigenvalue weighted by molar-refractivity contribution is 0.101. The molecule has 0 aliphatic rings. The van der Waals surface area contributed by atoms with Crippen LogP contribution in [0.1, 0.15) is 30.4 Å². The molecule has 0 atom stereocenters. The highest BCUT2D eigenvalue weighted by atomic mass is 32.2. The van der Waals surface area contributed by atoms with Crippen molar-refractivity contribution in [1.29, 1.82) is 0 Å². The van der Waals surface area contributed by atoms with Crippen molar-refractivity contribution in [1.82, 2.24) is 20.0 Å². The fourth-order valence-corrected chi connectivity index (χ4v) is 2.60. The lowest BCUT2D eigenvalue weighted by Gasteiger charge is -2.09. The van der Waals surface area contributed by atoms with E-state index in [9.17, 15) is 4.79 Å². The van der Waals surface area contributed by atoms with Crippen molar-refractivity contribution in [3.63, 3.8) is 0 Å². The summed E-state index contributed by atoms with van der Waals surface area (Å²) in [7, 11) is 0. The number of nitrogens with one attached hydrogen (secondary N) is 1. The number of carbonyl (C=O) groups is 1. The van der Waals surface area contributed by atoms with Crippen molar-refractivity contribution < 1.29 is 9.21 Å². The first-order valence-corrected chi connectivity index (χ1v) is 8.63. The van der Waals surface area contributed by atoms with Crippen LogP contribution >= 0.6 is 11.8 Å². The van der Waals surface area contributed by atoms with Gasteiger partial charge in [-0.25, -0.2) is 0 Å². The molecule has 3 aromatic rings. The van der Waals surface area contributed by atoms with Gasteiger partial charge in [-0.1, -0.05) is 5.10 Å². The summed E-state index contributed by atoms with van der Waals surface area (Å²) in [5.74, 6) is 0.0180. The fourth-order valence-electron chi connectivity index (χ4n) is 2.19. The second-order valence-electron chi connectivity index (χ2n) is 5.35. The first-order chi connectivity index (χ1) is 11.6. The monoisotopic (exact) mass is 343 g/mol. The third-order valence-electron chi connectivity index (χ3n) is 3.37. The zero-order valence-corrected chi connectivity index (χ0v) is 14.4. The molecular weight excluding hydrogens is 326 g/mol. The van der Waals surface area contributed by atoms with Gasteiger partial charge in [0.05, 0.1) is 0 Å². The second kappa shape index (κ2) is 6.88. The van der Waals surface area contributed by atoms with Crippen LogP contribution in [0.25, 0.3) is 11.5 Å². The van der Waals surface area contributed by atoms with E-state index in [1.807, 2.05) is 44.4 Å². The number of anilines is 1. The Kier molecular flexibility index (Phi) is 4.66.